The molecule has 0 atom stereocenters. The van der Waals surface area contributed by atoms with Crippen LogP contribution < -0.4 is 0 Å². The van der Waals surface area contributed by atoms with Gasteiger partial charge in [0.05, 0.1) is 6.61 Å². The summed E-state index contributed by atoms with van der Waals surface area (Å²) >= 11 is 0. The summed E-state index contributed by atoms with van der Waals surface area (Å²) in [7, 11) is 0. The van der Waals surface area contributed by atoms with Crippen LogP contribution in [0.2, 0.25) is 0 Å². The lowest BCUT2D eigenvalue weighted by Gasteiger charge is -2.06. The Morgan fingerprint density at radius 3 is 1.33 bits per heavy atom. The number of unbranched alkanes of at least 4 members (excludes halogenated alkanes) is 18. The number of hydrogen-bond donors (Lipinski definition) is 0. The molecule has 0 radical (unpaired) electrons. The number of carbonyl (C=O) groups excluding carboxylic acids is 1. The number of rotatable bonds is 25. The summed E-state index contributed by atoms with van der Waals surface area (Å²) in [6.45, 7) is 6.27. The maximum Gasteiger partial charge on any atom is 0.305 e. The third-order valence-corrected chi connectivity index (χ3v) is 5.87. The van der Waals surface area contributed by atoms with E-state index in [0.29, 0.717) is 19.6 Å². The minimum atomic E-state index is -0.0619. The minimum absolute atomic E-state index is 0.0619. The highest BCUT2D eigenvalue weighted by Gasteiger charge is 2.02. The zero-order chi connectivity index (χ0) is 22.0. The molecule has 0 amide bonds. The largest absolute Gasteiger partial charge is 0.463 e. The molecular weight excluding hydrogens is 372 g/mol. The summed E-state index contributed by atoms with van der Waals surface area (Å²) in [6.07, 6.45) is 27.0. The topological polar surface area (TPSA) is 35.5 Å². The Balaban J connectivity index is 3.11. The second-order valence-corrected chi connectivity index (χ2v) is 8.95. The van der Waals surface area contributed by atoms with Crippen LogP contribution in [0.5, 0.6) is 0 Å². The van der Waals surface area contributed by atoms with Crippen molar-refractivity contribution in [3.63, 3.8) is 0 Å². The van der Waals surface area contributed by atoms with Crippen molar-refractivity contribution in [1.82, 2.24) is 0 Å². The molecule has 0 aromatic heterocycles. The second kappa shape index (κ2) is 26.5. The van der Waals surface area contributed by atoms with Gasteiger partial charge < -0.3 is 9.47 Å². The summed E-state index contributed by atoms with van der Waals surface area (Å²) in [5.41, 5.74) is 0. The van der Waals surface area contributed by atoms with E-state index in [9.17, 15) is 4.79 Å². The molecule has 0 aromatic rings. The van der Waals surface area contributed by atoms with Crippen LogP contribution in [0.4, 0.5) is 0 Å². The summed E-state index contributed by atoms with van der Waals surface area (Å²) in [5.74, 6) is -0.0619. The quantitative estimate of drug-likeness (QED) is 0.108. The van der Waals surface area contributed by atoms with Gasteiger partial charge in [-0.2, -0.15) is 0 Å². The second-order valence-electron chi connectivity index (χ2n) is 8.95. The van der Waals surface area contributed by atoms with Crippen molar-refractivity contribution >= 4 is 5.97 Å². The van der Waals surface area contributed by atoms with Crippen molar-refractivity contribution in [2.75, 3.05) is 19.8 Å². The Bertz CT molecular complexity index is 330. The van der Waals surface area contributed by atoms with E-state index < -0.39 is 0 Å². The molecule has 0 aliphatic carbocycles. The fourth-order valence-electron chi connectivity index (χ4n) is 3.84. The molecule has 0 saturated heterocycles. The van der Waals surface area contributed by atoms with E-state index in [1.807, 2.05) is 0 Å². The van der Waals surface area contributed by atoms with Crippen LogP contribution in [0.1, 0.15) is 149 Å². The van der Waals surface area contributed by atoms with Crippen LogP contribution in [0.3, 0.4) is 0 Å². The standard InChI is InChI=1S/C27H54O3/c1-3-5-7-9-11-12-13-14-15-16-18-20-22-24-29-25-26-30-27(28)23-21-19-17-10-8-6-4-2/h3-26H2,1-2H3. The van der Waals surface area contributed by atoms with Gasteiger partial charge >= 0.3 is 5.97 Å². The summed E-state index contributed by atoms with van der Waals surface area (Å²) in [5, 5.41) is 0. The van der Waals surface area contributed by atoms with Crippen LogP contribution in [-0.2, 0) is 14.3 Å². The first-order chi connectivity index (χ1) is 14.8. The molecule has 0 aromatic carbocycles. The smallest absolute Gasteiger partial charge is 0.305 e. The van der Waals surface area contributed by atoms with Crippen molar-refractivity contribution in [3.05, 3.63) is 0 Å². The normalized spacial score (nSPS) is 11.1. The number of hydrogen-bond acceptors (Lipinski definition) is 3. The molecule has 0 rings (SSSR count). The van der Waals surface area contributed by atoms with Crippen molar-refractivity contribution in [3.8, 4) is 0 Å². The SMILES string of the molecule is CCCCCCCCCCCCCCCOCCOC(=O)CCCCCCCCC. The van der Waals surface area contributed by atoms with Crippen LogP contribution in [0.15, 0.2) is 0 Å². The predicted octanol–water partition coefficient (Wildman–Crippen LogP) is 8.78. The Hall–Kier alpha value is -0.570. The zero-order valence-electron chi connectivity index (χ0n) is 20.7. The monoisotopic (exact) mass is 426 g/mol. The Labute approximate surface area is 189 Å². The van der Waals surface area contributed by atoms with Crippen LogP contribution in [0.25, 0.3) is 0 Å². The number of ether oxygens (including phenoxy) is 2. The van der Waals surface area contributed by atoms with Crippen LogP contribution in [0, 0.1) is 0 Å². The molecule has 0 saturated carbocycles. The lowest BCUT2D eigenvalue weighted by molar-refractivity contribution is -0.145. The molecule has 3 nitrogen and oxygen atoms in total. The van der Waals surface area contributed by atoms with E-state index in [1.54, 1.807) is 0 Å². The fourth-order valence-corrected chi connectivity index (χ4v) is 3.84. The van der Waals surface area contributed by atoms with Crippen molar-refractivity contribution in [2.24, 2.45) is 0 Å². The van der Waals surface area contributed by atoms with E-state index in [2.05, 4.69) is 13.8 Å². The van der Waals surface area contributed by atoms with Crippen LogP contribution >= 0.6 is 0 Å². The highest BCUT2D eigenvalue weighted by atomic mass is 16.6. The predicted molar refractivity (Wildman–Crippen MR) is 130 cm³/mol. The van der Waals surface area contributed by atoms with Gasteiger partial charge in [-0.05, 0) is 12.8 Å². The molecule has 0 aliphatic heterocycles. The van der Waals surface area contributed by atoms with Gasteiger partial charge in [-0.25, -0.2) is 0 Å². The maximum atomic E-state index is 11.7. The van der Waals surface area contributed by atoms with Gasteiger partial charge in [-0.15, -0.1) is 0 Å². The van der Waals surface area contributed by atoms with Gasteiger partial charge in [-0.1, -0.05) is 129 Å². The van der Waals surface area contributed by atoms with E-state index in [4.69, 9.17) is 9.47 Å². The average Bonchev–Trinajstić information content (AvgIpc) is 2.75. The average molecular weight is 427 g/mol. The lowest BCUT2D eigenvalue weighted by Crippen LogP contribution is -2.10. The first kappa shape index (κ1) is 29.4. The highest BCUT2D eigenvalue weighted by molar-refractivity contribution is 5.69. The van der Waals surface area contributed by atoms with E-state index in [0.717, 1.165) is 25.9 Å². The van der Waals surface area contributed by atoms with Crippen molar-refractivity contribution in [2.45, 2.75) is 149 Å². The summed E-state index contributed by atoms with van der Waals surface area (Å²) in [6, 6.07) is 0. The first-order valence-corrected chi connectivity index (χ1v) is 13.5. The summed E-state index contributed by atoms with van der Waals surface area (Å²) < 4.78 is 10.8. The Morgan fingerprint density at radius 2 is 0.867 bits per heavy atom. The molecule has 0 aliphatic rings. The number of carbonyl (C=O) groups is 1. The van der Waals surface area contributed by atoms with Gasteiger partial charge in [0.1, 0.15) is 6.61 Å². The first-order valence-electron chi connectivity index (χ1n) is 13.5. The molecule has 0 unspecified atom stereocenters. The third kappa shape index (κ3) is 25.5. The molecule has 0 spiro atoms. The van der Waals surface area contributed by atoms with Gasteiger partial charge in [0.15, 0.2) is 0 Å². The van der Waals surface area contributed by atoms with Crippen molar-refractivity contribution in [1.29, 1.82) is 0 Å². The maximum absolute atomic E-state index is 11.7. The number of esters is 1. The van der Waals surface area contributed by atoms with Gasteiger partial charge in [0.25, 0.3) is 0 Å². The fraction of sp³-hybridized carbons (Fsp3) is 0.963. The molecule has 0 N–H and O–H groups in total. The summed E-state index contributed by atoms with van der Waals surface area (Å²) in [4.78, 5) is 11.7. The van der Waals surface area contributed by atoms with E-state index >= 15 is 0 Å². The van der Waals surface area contributed by atoms with Crippen LogP contribution in [-0.4, -0.2) is 25.8 Å². The molecule has 0 fully saturated rings. The molecule has 180 valence electrons. The van der Waals surface area contributed by atoms with Gasteiger partial charge in [0.2, 0.25) is 0 Å². The molecule has 3 heteroatoms. The van der Waals surface area contributed by atoms with Crippen molar-refractivity contribution < 1.29 is 14.3 Å². The molecule has 0 heterocycles. The molecule has 30 heavy (non-hydrogen) atoms. The zero-order valence-corrected chi connectivity index (χ0v) is 20.7. The Kier molecular flexibility index (Phi) is 26.0. The highest BCUT2D eigenvalue weighted by Crippen LogP contribution is 2.12. The molecule has 0 bridgehead atoms. The minimum Gasteiger partial charge on any atom is -0.463 e. The van der Waals surface area contributed by atoms with E-state index in [-0.39, 0.29) is 5.97 Å². The van der Waals surface area contributed by atoms with Gasteiger partial charge in [-0.3, -0.25) is 4.79 Å². The Morgan fingerprint density at radius 1 is 0.467 bits per heavy atom. The van der Waals surface area contributed by atoms with Gasteiger partial charge in [0, 0.05) is 13.0 Å². The lowest BCUT2D eigenvalue weighted by atomic mass is 10.0. The van der Waals surface area contributed by atoms with E-state index in [1.165, 1.54) is 109 Å². The molecular formula is C27H54O3. The third-order valence-electron chi connectivity index (χ3n) is 5.87.